The molecule has 0 atom stereocenters. The highest BCUT2D eigenvalue weighted by Gasteiger charge is 2.17. The summed E-state index contributed by atoms with van der Waals surface area (Å²) < 4.78 is 11.5. The van der Waals surface area contributed by atoms with E-state index in [1.165, 1.54) is 6.33 Å². The van der Waals surface area contributed by atoms with Crippen molar-refractivity contribution in [2.45, 2.75) is 19.8 Å². The fourth-order valence-electron chi connectivity index (χ4n) is 2.35. The van der Waals surface area contributed by atoms with Gasteiger partial charge in [0.1, 0.15) is 23.7 Å². The monoisotopic (exact) mass is 310 g/mol. The maximum Gasteiger partial charge on any atom is 0.164 e. The Balaban J connectivity index is 2.10. The van der Waals surface area contributed by atoms with Crippen LogP contribution in [0.25, 0.3) is 11.4 Å². The van der Waals surface area contributed by atoms with Crippen LogP contribution in [-0.4, -0.2) is 27.0 Å². The third-order valence-electron chi connectivity index (χ3n) is 3.47. The molecule has 0 aliphatic carbocycles. The summed E-state index contributed by atoms with van der Waals surface area (Å²) in [6.45, 7) is 4.21. The molecule has 0 amide bonds. The molecule has 0 radical (unpaired) electrons. The zero-order valence-corrected chi connectivity index (χ0v) is 13.3. The van der Waals surface area contributed by atoms with Gasteiger partial charge in [-0.25, -0.2) is 15.0 Å². The Hall–Kier alpha value is -2.89. The number of nitrogens with one attached hydrogen (secondary N) is 1. The molecular weight excluding hydrogens is 292 g/mol. The summed E-state index contributed by atoms with van der Waals surface area (Å²) >= 11 is 0. The first-order valence-electron chi connectivity index (χ1n) is 7.33. The highest BCUT2D eigenvalue weighted by Crippen LogP contribution is 2.39. The Bertz CT molecular complexity index is 771. The molecule has 1 aromatic carbocycles. The van der Waals surface area contributed by atoms with Crippen LogP contribution in [-0.2, 0) is 0 Å². The van der Waals surface area contributed by atoms with Crippen molar-refractivity contribution in [3.63, 3.8) is 0 Å². The smallest absolute Gasteiger partial charge is 0.164 e. The number of rotatable bonds is 5. The summed E-state index contributed by atoms with van der Waals surface area (Å²) in [5.41, 5.74) is 1.88. The molecule has 6 heteroatoms. The molecule has 0 saturated carbocycles. The van der Waals surface area contributed by atoms with Gasteiger partial charge in [-0.05, 0) is 18.1 Å². The van der Waals surface area contributed by atoms with Crippen LogP contribution in [0.1, 0.15) is 25.3 Å². The van der Waals surface area contributed by atoms with E-state index in [-0.39, 0.29) is 5.92 Å². The number of benzene rings is 1. The van der Waals surface area contributed by atoms with E-state index in [1.54, 1.807) is 31.9 Å². The number of nitrogens with zero attached hydrogens (tertiary/aromatic N) is 3. The number of ether oxygens (including phenoxy) is 2. The zero-order valence-electron chi connectivity index (χ0n) is 13.3. The van der Waals surface area contributed by atoms with E-state index in [9.17, 15) is 0 Å². The van der Waals surface area contributed by atoms with Crippen LogP contribution in [0.15, 0.2) is 43.2 Å². The minimum absolute atomic E-state index is 0.272. The molecule has 0 fully saturated rings. The molecule has 0 spiro atoms. The van der Waals surface area contributed by atoms with Gasteiger partial charge >= 0.3 is 0 Å². The molecule has 6 nitrogen and oxygen atoms in total. The van der Waals surface area contributed by atoms with E-state index in [4.69, 9.17) is 9.47 Å². The van der Waals surface area contributed by atoms with Crippen LogP contribution >= 0.6 is 0 Å². The predicted octanol–water partition coefficient (Wildman–Crippen LogP) is 3.79. The summed E-state index contributed by atoms with van der Waals surface area (Å²) in [6.07, 6.45) is 8.22. The van der Waals surface area contributed by atoms with Crippen molar-refractivity contribution >= 4 is 0 Å². The number of hydrogen-bond donors (Lipinski definition) is 1. The van der Waals surface area contributed by atoms with Gasteiger partial charge < -0.3 is 14.5 Å². The predicted molar refractivity (Wildman–Crippen MR) is 86.8 cm³/mol. The van der Waals surface area contributed by atoms with Crippen LogP contribution in [0, 0.1) is 0 Å². The first-order chi connectivity index (χ1) is 11.2. The van der Waals surface area contributed by atoms with Gasteiger partial charge in [-0.2, -0.15) is 0 Å². The van der Waals surface area contributed by atoms with E-state index in [1.807, 2.05) is 12.1 Å². The van der Waals surface area contributed by atoms with Crippen LogP contribution in [0.5, 0.6) is 17.2 Å². The lowest BCUT2D eigenvalue weighted by Gasteiger charge is -2.17. The topological polar surface area (TPSA) is 72.9 Å². The van der Waals surface area contributed by atoms with Crippen molar-refractivity contribution in [1.82, 2.24) is 19.9 Å². The Morgan fingerprint density at radius 3 is 2.48 bits per heavy atom. The highest BCUT2D eigenvalue weighted by atomic mass is 16.5. The molecule has 0 aliphatic heterocycles. The number of H-pyrrole nitrogens is 1. The Labute approximate surface area is 134 Å². The fraction of sp³-hybridized carbons (Fsp3) is 0.235. The Morgan fingerprint density at radius 2 is 1.87 bits per heavy atom. The van der Waals surface area contributed by atoms with E-state index in [0.29, 0.717) is 5.75 Å². The van der Waals surface area contributed by atoms with Gasteiger partial charge in [-0.3, -0.25) is 0 Å². The van der Waals surface area contributed by atoms with Crippen molar-refractivity contribution in [3.05, 3.63) is 48.8 Å². The molecule has 2 aromatic heterocycles. The normalized spacial score (nSPS) is 10.8. The van der Waals surface area contributed by atoms with Crippen molar-refractivity contribution in [2.75, 3.05) is 7.11 Å². The molecular formula is C17H18N4O2. The maximum absolute atomic E-state index is 5.99. The van der Waals surface area contributed by atoms with E-state index in [0.717, 1.165) is 28.5 Å². The largest absolute Gasteiger partial charge is 0.496 e. The second-order valence-electron chi connectivity index (χ2n) is 5.36. The van der Waals surface area contributed by atoms with Crippen molar-refractivity contribution in [3.8, 4) is 28.6 Å². The van der Waals surface area contributed by atoms with E-state index < -0.39 is 0 Å². The van der Waals surface area contributed by atoms with Crippen molar-refractivity contribution in [2.24, 2.45) is 0 Å². The average Bonchev–Trinajstić information content (AvgIpc) is 3.09. The number of aromatic amines is 1. The Kier molecular flexibility index (Phi) is 4.23. The van der Waals surface area contributed by atoms with Gasteiger partial charge in [-0.1, -0.05) is 13.8 Å². The highest BCUT2D eigenvalue weighted by molar-refractivity contribution is 5.68. The van der Waals surface area contributed by atoms with Crippen molar-refractivity contribution < 1.29 is 9.47 Å². The van der Waals surface area contributed by atoms with Gasteiger partial charge in [0, 0.05) is 18.0 Å². The molecule has 118 valence electrons. The molecule has 0 aliphatic rings. The molecule has 3 aromatic rings. The Morgan fingerprint density at radius 1 is 1.09 bits per heavy atom. The number of aromatic nitrogens is 4. The minimum atomic E-state index is 0.272. The van der Waals surface area contributed by atoms with Gasteiger partial charge in [0.2, 0.25) is 0 Å². The second kappa shape index (κ2) is 6.48. The van der Waals surface area contributed by atoms with E-state index >= 15 is 0 Å². The molecule has 3 rings (SSSR count). The fourth-order valence-corrected chi connectivity index (χ4v) is 2.35. The molecule has 0 unspecified atom stereocenters. The molecule has 2 heterocycles. The molecule has 0 saturated heterocycles. The second-order valence-corrected chi connectivity index (χ2v) is 5.36. The summed E-state index contributed by atoms with van der Waals surface area (Å²) in [7, 11) is 1.65. The standard InChI is InChI=1S/C17H18N4O2/c1-11(2)13-6-15(22-3)14(17-20-4-5-21-17)7-16(13)23-12-8-18-10-19-9-12/h4-11H,1-3H3,(H,20,21). The van der Waals surface area contributed by atoms with Gasteiger partial charge in [0.25, 0.3) is 0 Å². The SMILES string of the molecule is COc1cc(C(C)C)c(Oc2cncnc2)cc1-c1ncc[nH]1. The maximum atomic E-state index is 5.99. The van der Waals surface area contributed by atoms with Crippen molar-refractivity contribution in [1.29, 1.82) is 0 Å². The quantitative estimate of drug-likeness (QED) is 0.776. The summed E-state index contributed by atoms with van der Waals surface area (Å²) in [5.74, 6) is 3.08. The van der Waals surface area contributed by atoms with Gasteiger partial charge in [0.15, 0.2) is 5.75 Å². The first-order valence-corrected chi connectivity index (χ1v) is 7.33. The number of imidazole rings is 1. The lowest BCUT2D eigenvalue weighted by Crippen LogP contribution is -1.99. The molecule has 0 bridgehead atoms. The van der Waals surface area contributed by atoms with Crippen LogP contribution < -0.4 is 9.47 Å². The van der Waals surface area contributed by atoms with Gasteiger partial charge in [0.05, 0.1) is 25.1 Å². The third-order valence-corrected chi connectivity index (χ3v) is 3.47. The van der Waals surface area contributed by atoms with Gasteiger partial charge in [-0.15, -0.1) is 0 Å². The third kappa shape index (κ3) is 3.15. The lowest BCUT2D eigenvalue weighted by atomic mass is 9.99. The average molecular weight is 310 g/mol. The summed E-state index contributed by atoms with van der Waals surface area (Å²) in [4.78, 5) is 15.4. The number of hydrogen-bond acceptors (Lipinski definition) is 5. The minimum Gasteiger partial charge on any atom is -0.496 e. The van der Waals surface area contributed by atoms with E-state index in [2.05, 4.69) is 33.8 Å². The number of methoxy groups -OCH3 is 1. The van der Waals surface area contributed by atoms with Crippen LogP contribution in [0.2, 0.25) is 0 Å². The zero-order chi connectivity index (χ0) is 16.2. The van der Waals surface area contributed by atoms with Crippen LogP contribution in [0.3, 0.4) is 0 Å². The first kappa shape index (κ1) is 15.0. The summed E-state index contributed by atoms with van der Waals surface area (Å²) in [5, 5.41) is 0. The lowest BCUT2D eigenvalue weighted by molar-refractivity contribution is 0.412. The van der Waals surface area contributed by atoms with Crippen LogP contribution in [0.4, 0.5) is 0 Å². The summed E-state index contributed by atoms with van der Waals surface area (Å²) in [6, 6.07) is 3.92. The molecule has 23 heavy (non-hydrogen) atoms. The molecule has 1 N–H and O–H groups in total.